The van der Waals surface area contributed by atoms with Crippen LogP contribution >= 0.6 is 11.6 Å². The van der Waals surface area contributed by atoms with E-state index in [0.717, 1.165) is 31.2 Å². The largest absolute Gasteiger partial charge is 0.348 e. The molecule has 1 saturated carbocycles. The Labute approximate surface area is 203 Å². The Hall–Kier alpha value is -1.90. The van der Waals surface area contributed by atoms with Crippen molar-refractivity contribution >= 4 is 39.8 Å². The van der Waals surface area contributed by atoms with Gasteiger partial charge in [-0.2, -0.15) is 0 Å². The van der Waals surface area contributed by atoms with Gasteiger partial charge in [-0.1, -0.05) is 44.0 Å². The van der Waals surface area contributed by atoms with Crippen LogP contribution in [-0.4, -0.2) is 45.8 Å². The molecule has 180 valence electrons. The van der Waals surface area contributed by atoms with E-state index in [1.807, 2.05) is 6.92 Å². The van der Waals surface area contributed by atoms with Crippen LogP contribution in [0.25, 0.3) is 0 Å². The van der Waals surface area contributed by atoms with E-state index in [-0.39, 0.29) is 17.2 Å². The lowest BCUT2D eigenvalue weighted by molar-refractivity contribution is -0.126. The van der Waals surface area contributed by atoms with E-state index in [1.54, 1.807) is 17.4 Å². The molecule has 1 aromatic carbocycles. The molecule has 1 saturated heterocycles. The summed E-state index contributed by atoms with van der Waals surface area (Å²) in [6.45, 7) is 8.30. The molecule has 1 heterocycles. The summed E-state index contributed by atoms with van der Waals surface area (Å²) in [5.74, 6) is -0.935. The normalized spacial score (nSPS) is 23.1. The number of benzene rings is 1. The van der Waals surface area contributed by atoms with Crippen molar-refractivity contribution in [2.45, 2.75) is 52.0 Å². The highest BCUT2D eigenvalue weighted by atomic mass is 35.5. The van der Waals surface area contributed by atoms with Crippen LogP contribution in [0, 0.1) is 24.1 Å². The summed E-state index contributed by atoms with van der Waals surface area (Å²) in [4.78, 5) is 21.3. The maximum absolute atomic E-state index is 15.0. The number of rotatable bonds is 7. The van der Waals surface area contributed by atoms with Crippen molar-refractivity contribution in [1.29, 1.82) is 0 Å². The maximum atomic E-state index is 15.0. The number of hydrogen-bond acceptors (Lipinski definition) is 4. The fraction of sp³-hybridized carbons (Fsp3) is 0.542. The third kappa shape index (κ3) is 5.61. The van der Waals surface area contributed by atoms with Crippen molar-refractivity contribution in [2.75, 3.05) is 20.1 Å². The molecule has 0 bridgehead atoms. The van der Waals surface area contributed by atoms with E-state index in [2.05, 4.69) is 28.8 Å². The molecule has 3 atom stereocenters. The van der Waals surface area contributed by atoms with Gasteiger partial charge >= 0.3 is 0 Å². The van der Waals surface area contributed by atoms with E-state index in [4.69, 9.17) is 11.6 Å². The zero-order valence-electron chi connectivity index (χ0n) is 19.4. The lowest BCUT2D eigenvalue weighted by atomic mass is 9.76. The van der Waals surface area contributed by atoms with Crippen molar-refractivity contribution in [3.05, 3.63) is 46.9 Å². The van der Waals surface area contributed by atoms with E-state index >= 15 is 4.39 Å². The SMILES string of the molecule is C=CN=C(C=NC)S(=O)N1CCC(C(=O)NC(c2c(F)ccc(C)c2Cl)C2(C)CCCC2)C1. The standard InChI is InChI=1S/C24H32ClFN4O2S/c1-5-28-19(14-27-4)33(32)30-13-10-17(15-30)23(31)29-22(24(3)11-6-7-12-24)20-18(26)9-8-16(2)21(20)25/h5,8-9,14,17,22H,1,6-7,10-13,15H2,2-4H3,(H,29,31). The molecule has 1 aliphatic heterocycles. The minimum atomic E-state index is -1.54. The summed E-state index contributed by atoms with van der Waals surface area (Å²) >= 11 is 6.56. The van der Waals surface area contributed by atoms with Gasteiger partial charge in [0.05, 0.1) is 23.2 Å². The Morgan fingerprint density at radius 2 is 2.12 bits per heavy atom. The Morgan fingerprint density at radius 3 is 2.76 bits per heavy atom. The van der Waals surface area contributed by atoms with Gasteiger partial charge in [0.15, 0.2) is 5.04 Å². The lowest BCUT2D eigenvalue weighted by Gasteiger charge is -2.36. The highest BCUT2D eigenvalue weighted by molar-refractivity contribution is 8.00. The first kappa shape index (κ1) is 25.7. The molecule has 3 unspecified atom stereocenters. The molecular formula is C24H32ClFN4O2S. The van der Waals surface area contributed by atoms with Crippen molar-refractivity contribution in [2.24, 2.45) is 21.3 Å². The molecule has 1 aromatic rings. The van der Waals surface area contributed by atoms with Gasteiger partial charge in [-0.25, -0.2) is 17.9 Å². The quantitative estimate of drug-likeness (QED) is 0.438. The summed E-state index contributed by atoms with van der Waals surface area (Å²) in [6, 6.07) is 2.55. The van der Waals surface area contributed by atoms with Gasteiger partial charge in [0.1, 0.15) is 16.8 Å². The third-order valence-electron chi connectivity index (χ3n) is 6.73. The van der Waals surface area contributed by atoms with Crippen LogP contribution < -0.4 is 5.32 Å². The number of aryl methyl sites for hydroxylation is 1. The second-order valence-corrected chi connectivity index (χ2v) is 10.9. The number of halogens is 2. The third-order valence-corrected chi connectivity index (χ3v) is 8.60. The molecular weight excluding hydrogens is 463 g/mol. The summed E-state index contributed by atoms with van der Waals surface area (Å²) < 4.78 is 29.6. The molecule has 33 heavy (non-hydrogen) atoms. The van der Waals surface area contributed by atoms with Gasteiger partial charge in [-0.3, -0.25) is 9.79 Å². The maximum Gasteiger partial charge on any atom is 0.224 e. The average molecular weight is 495 g/mol. The van der Waals surface area contributed by atoms with Gasteiger partial charge in [0.25, 0.3) is 0 Å². The number of carbonyl (C=O) groups is 1. The van der Waals surface area contributed by atoms with Crippen LogP contribution in [0.3, 0.4) is 0 Å². The summed E-state index contributed by atoms with van der Waals surface area (Å²) in [6.07, 6.45) is 7.16. The van der Waals surface area contributed by atoms with E-state index in [1.165, 1.54) is 18.5 Å². The number of amides is 1. The average Bonchev–Trinajstić information content (AvgIpc) is 3.45. The van der Waals surface area contributed by atoms with Crippen LogP contribution in [0.5, 0.6) is 0 Å². The molecule has 3 rings (SSSR count). The molecule has 2 fully saturated rings. The fourth-order valence-corrected chi connectivity index (χ4v) is 6.29. The zero-order chi connectivity index (χ0) is 24.2. The van der Waals surface area contributed by atoms with E-state index in [0.29, 0.717) is 35.1 Å². The van der Waals surface area contributed by atoms with Crippen LogP contribution in [0.2, 0.25) is 5.02 Å². The zero-order valence-corrected chi connectivity index (χ0v) is 21.0. The first-order valence-corrected chi connectivity index (χ1v) is 12.7. The molecule has 1 amide bonds. The van der Waals surface area contributed by atoms with Crippen LogP contribution in [0.4, 0.5) is 4.39 Å². The van der Waals surface area contributed by atoms with Crippen LogP contribution in [0.15, 0.2) is 34.9 Å². The van der Waals surface area contributed by atoms with Crippen molar-refractivity contribution in [3.8, 4) is 0 Å². The Kier molecular flexibility index (Phi) is 8.59. The highest BCUT2D eigenvalue weighted by Crippen LogP contribution is 2.49. The first-order chi connectivity index (χ1) is 15.7. The number of carbonyl (C=O) groups excluding carboxylic acids is 1. The second kappa shape index (κ2) is 11.0. The molecule has 1 aliphatic carbocycles. The van der Waals surface area contributed by atoms with Crippen molar-refractivity contribution in [1.82, 2.24) is 9.62 Å². The smallest absolute Gasteiger partial charge is 0.224 e. The second-order valence-electron chi connectivity index (χ2n) is 9.05. The molecule has 9 heteroatoms. The number of nitrogens with zero attached hydrogens (tertiary/aromatic N) is 3. The predicted molar refractivity (Wildman–Crippen MR) is 133 cm³/mol. The van der Waals surface area contributed by atoms with Gasteiger partial charge in [-0.15, -0.1) is 0 Å². The number of nitrogens with one attached hydrogen (secondary N) is 1. The van der Waals surface area contributed by atoms with Crippen molar-refractivity contribution in [3.63, 3.8) is 0 Å². The lowest BCUT2D eigenvalue weighted by Crippen LogP contribution is -2.42. The monoisotopic (exact) mass is 494 g/mol. The molecule has 0 spiro atoms. The van der Waals surface area contributed by atoms with Crippen LogP contribution in [0.1, 0.15) is 56.2 Å². The molecule has 2 aliphatic rings. The van der Waals surface area contributed by atoms with E-state index in [9.17, 15) is 9.00 Å². The van der Waals surface area contributed by atoms with Gasteiger partial charge in [0, 0.05) is 31.9 Å². The van der Waals surface area contributed by atoms with Gasteiger partial charge in [0.2, 0.25) is 5.91 Å². The topological polar surface area (TPSA) is 74.1 Å². The Morgan fingerprint density at radius 1 is 1.42 bits per heavy atom. The minimum Gasteiger partial charge on any atom is -0.348 e. The minimum absolute atomic E-state index is 0.170. The van der Waals surface area contributed by atoms with Gasteiger partial charge < -0.3 is 5.32 Å². The fourth-order valence-electron chi connectivity index (χ4n) is 4.82. The highest BCUT2D eigenvalue weighted by Gasteiger charge is 2.43. The van der Waals surface area contributed by atoms with Crippen LogP contribution in [-0.2, 0) is 15.8 Å². The molecule has 6 nitrogen and oxygen atoms in total. The van der Waals surface area contributed by atoms with Gasteiger partial charge in [-0.05, 0) is 43.2 Å². The number of aliphatic imine (C=N–C) groups is 2. The number of hydrogen-bond donors (Lipinski definition) is 1. The van der Waals surface area contributed by atoms with E-state index < -0.39 is 22.8 Å². The first-order valence-electron chi connectivity index (χ1n) is 11.2. The summed E-state index contributed by atoms with van der Waals surface area (Å²) in [5, 5.41) is 3.80. The Bertz CT molecular complexity index is 991. The molecule has 0 aromatic heterocycles. The summed E-state index contributed by atoms with van der Waals surface area (Å²) in [7, 11) is 0.0409. The van der Waals surface area contributed by atoms with Crippen molar-refractivity contribution < 1.29 is 13.4 Å². The summed E-state index contributed by atoms with van der Waals surface area (Å²) in [5.41, 5.74) is 0.867. The molecule has 0 radical (unpaired) electrons. The molecule has 1 N–H and O–H groups in total. The Balaban J connectivity index is 1.82. The predicted octanol–water partition coefficient (Wildman–Crippen LogP) is 4.75.